The summed E-state index contributed by atoms with van der Waals surface area (Å²) in [6.45, 7) is 14.8. The monoisotopic (exact) mass is 435 g/mol. The molecule has 1 fully saturated rings. The highest BCUT2D eigenvalue weighted by Crippen LogP contribution is 2.36. The Kier molecular flexibility index (Phi) is 6.78. The van der Waals surface area contributed by atoms with Crippen LogP contribution in [0.4, 0.5) is 0 Å². The number of nitrogens with zero attached hydrogens (tertiary/aromatic N) is 2. The van der Waals surface area contributed by atoms with E-state index < -0.39 is 8.32 Å². The Hall–Kier alpha value is -1.34. The maximum atomic E-state index is 12.9. The fourth-order valence-electron chi connectivity index (χ4n) is 3.54. The number of halogens is 1. The lowest BCUT2D eigenvalue weighted by Gasteiger charge is -2.37. The third-order valence-electron chi connectivity index (χ3n) is 6.44. The van der Waals surface area contributed by atoms with E-state index >= 15 is 0 Å². The molecular weight excluding hydrogens is 402 g/mol. The van der Waals surface area contributed by atoms with Gasteiger partial charge in [-0.05, 0) is 61.8 Å². The van der Waals surface area contributed by atoms with Crippen molar-refractivity contribution in [3.8, 4) is 0 Å². The minimum atomic E-state index is -1.72. The van der Waals surface area contributed by atoms with Crippen LogP contribution in [0.1, 0.15) is 33.6 Å². The first-order valence-corrected chi connectivity index (χ1v) is 13.8. The van der Waals surface area contributed by atoms with Gasteiger partial charge in [-0.15, -0.1) is 0 Å². The van der Waals surface area contributed by atoms with Crippen LogP contribution in [0.5, 0.6) is 0 Å². The lowest BCUT2D eigenvalue weighted by molar-refractivity contribution is -0.122. The maximum Gasteiger partial charge on any atom is 0.243 e. The van der Waals surface area contributed by atoms with Crippen molar-refractivity contribution >= 4 is 36.7 Å². The summed E-state index contributed by atoms with van der Waals surface area (Å²) in [5, 5.41) is 1.94. The van der Waals surface area contributed by atoms with Crippen LogP contribution < -0.4 is 5.43 Å². The van der Waals surface area contributed by atoms with Crippen LogP contribution in [-0.2, 0) is 9.22 Å². The summed E-state index contributed by atoms with van der Waals surface area (Å²) in [7, 11) is -1.72. The van der Waals surface area contributed by atoms with Gasteiger partial charge in [-0.1, -0.05) is 32.4 Å². The molecule has 29 heavy (non-hydrogen) atoms. The number of nitrogens with one attached hydrogen (secondary N) is 1. The van der Waals surface area contributed by atoms with Gasteiger partial charge in [-0.2, -0.15) is 0 Å². The molecule has 1 saturated heterocycles. The fourth-order valence-corrected chi connectivity index (χ4v) is 4.76. The van der Waals surface area contributed by atoms with Crippen molar-refractivity contribution in [2.24, 2.45) is 5.92 Å². The van der Waals surface area contributed by atoms with Gasteiger partial charge >= 0.3 is 0 Å². The van der Waals surface area contributed by atoms with Crippen LogP contribution in [0, 0.1) is 5.92 Å². The first kappa shape index (κ1) is 22.3. The largest absolute Gasteiger partial charge is 0.416 e. The van der Waals surface area contributed by atoms with E-state index in [1.54, 1.807) is 4.68 Å². The molecule has 3 rings (SSSR count). The minimum absolute atomic E-state index is 0.00127. The highest BCUT2D eigenvalue weighted by Gasteiger charge is 2.37. The number of aromatic nitrogens is 1. The van der Waals surface area contributed by atoms with Crippen molar-refractivity contribution < 1.29 is 9.22 Å². The molecule has 1 aromatic carbocycles. The van der Waals surface area contributed by atoms with Crippen LogP contribution in [0.3, 0.4) is 0 Å². The maximum absolute atomic E-state index is 12.9. The molecule has 7 heteroatoms. The van der Waals surface area contributed by atoms with E-state index in [0.717, 1.165) is 50.0 Å². The van der Waals surface area contributed by atoms with Crippen molar-refractivity contribution in [2.75, 3.05) is 31.7 Å². The van der Waals surface area contributed by atoms with Crippen molar-refractivity contribution in [1.29, 1.82) is 0 Å². The summed E-state index contributed by atoms with van der Waals surface area (Å²) in [6, 6.07) is 7.65. The average molecular weight is 436 g/mol. The van der Waals surface area contributed by atoms with Crippen molar-refractivity contribution in [2.45, 2.75) is 51.7 Å². The van der Waals surface area contributed by atoms with Gasteiger partial charge in [0.05, 0.1) is 11.4 Å². The molecule has 1 N–H and O–H groups in total. The predicted molar refractivity (Wildman–Crippen MR) is 124 cm³/mol. The average Bonchev–Trinajstić information content (AvgIpc) is 3.02. The van der Waals surface area contributed by atoms with E-state index in [9.17, 15) is 4.79 Å². The summed E-state index contributed by atoms with van der Waals surface area (Å²) in [4.78, 5) is 15.2. The van der Waals surface area contributed by atoms with E-state index in [0.29, 0.717) is 5.02 Å². The number of carbonyl (C=O) groups is 1. The summed E-state index contributed by atoms with van der Waals surface area (Å²) in [5.41, 5.74) is 4.02. The second-order valence-electron chi connectivity index (χ2n) is 9.61. The van der Waals surface area contributed by atoms with E-state index in [1.807, 2.05) is 30.5 Å². The number of rotatable bonds is 6. The molecule has 0 bridgehead atoms. The SMILES string of the molecule is CC(C)(C)[Si](C)(C)OCCN1CCCC(C(=O)Nn2ccc3cc(Cl)ccc32)C1. The van der Waals surface area contributed by atoms with Gasteiger partial charge in [0.15, 0.2) is 8.32 Å². The molecule has 0 spiro atoms. The molecule has 1 aliphatic rings. The van der Waals surface area contributed by atoms with Gasteiger partial charge < -0.3 is 9.33 Å². The molecule has 0 aliphatic carbocycles. The van der Waals surface area contributed by atoms with E-state index in [4.69, 9.17) is 16.0 Å². The van der Waals surface area contributed by atoms with Crippen LogP contribution >= 0.6 is 11.6 Å². The van der Waals surface area contributed by atoms with Crippen LogP contribution in [0.15, 0.2) is 30.5 Å². The van der Waals surface area contributed by atoms with Gasteiger partial charge in [0.25, 0.3) is 0 Å². The highest BCUT2D eigenvalue weighted by atomic mass is 35.5. The lowest BCUT2D eigenvalue weighted by atomic mass is 9.97. The van der Waals surface area contributed by atoms with E-state index in [1.165, 1.54) is 0 Å². The second-order valence-corrected chi connectivity index (χ2v) is 14.9. The molecule has 5 nitrogen and oxygen atoms in total. The Balaban J connectivity index is 1.54. The van der Waals surface area contributed by atoms with Crippen molar-refractivity contribution in [3.05, 3.63) is 35.5 Å². The molecule has 1 atom stereocenters. The number of piperidine rings is 1. The standard InChI is InChI=1S/C22H34ClN3O2Si/c1-22(2,3)29(4,5)28-14-13-25-11-6-7-18(16-25)21(27)24-26-12-10-17-15-19(23)8-9-20(17)26/h8-10,12,15,18H,6-7,11,13-14,16H2,1-5H3,(H,24,27). The Morgan fingerprint density at radius 3 is 2.79 bits per heavy atom. The zero-order valence-electron chi connectivity index (χ0n) is 18.3. The normalized spacial score (nSPS) is 18.9. The quantitative estimate of drug-likeness (QED) is 0.642. The Bertz CT molecular complexity index is 859. The van der Waals surface area contributed by atoms with Crippen LogP contribution in [0.25, 0.3) is 10.9 Å². The van der Waals surface area contributed by atoms with Crippen molar-refractivity contribution in [1.82, 2.24) is 9.58 Å². The van der Waals surface area contributed by atoms with Gasteiger partial charge in [-0.25, -0.2) is 0 Å². The first-order valence-electron chi connectivity index (χ1n) is 10.5. The Morgan fingerprint density at radius 1 is 1.31 bits per heavy atom. The number of hydrogen-bond acceptors (Lipinski definition) is 3. The fraction of sp³-hybridized carbons (Fsp3) is 0.591. The van der Waals surface area contributed by atoms with Gasteiger partial charge in [-0.3, -0.25) is 14.9 Å². The van der Waals surface area contributed by atoms with Gasteiger partial charge in [0.2, 0.25) is 5.91 Å². The third-order valence-corrected chi connectivity index (χ3v) is 11.2. The van der Waals surface area contributed by atoms with E-state index in [-0.39, 0.29) is 16.9 Å². The summed E-state index contributed by atoms with van der Waals surface area (Å²) in [6.07, 6.45) is 3.85. The van der Waals surface area contributed by atoms with Crippen LogP contribution in [-0.4, -0.2) is 50.0 Å². The predicted octanol–water partition coefficient (Wildman–Crippen LogP) is 5.10. The molecule has 1 aliphatic heterocycles. The molecule has 2 aromatic rings. The molecule has 0 saturated carbocycles. The van der Waals surface area contributed by atoms with Crippen LogP contribution in [0.2, 0.25) is 23.2 Å². The van der Waals surface area contributed by atoms with Crippen molar-refractivity contribution in [3.63, 3.8) is 0 Å². The molecule has 2 heterocycles. The number of amides is 1. The summed E-state index contributed by atoms with van der Waals surface area (Å²) < 4.78 is 8.12. The zero-order valence-corrected chi connectivity index (χ0v) is 20.1. The molecule has 0 radical (unpaired) electrons. The lowest BCUT2D eigenvalue weighted by Crippen LogP contribution is -2.46. The number of fused-ring (bicyclic) bond motifs is 1. The first-order chi connectivity index (χ1) is 13.6. The van der Waals surface area contributed by atoms with E-state index in [2.05, 4.69) is 44.2 Å². The molecule has 1 aromatic heterocycles. The van der Waals surface area contributed by atoms with Gasteiger partial charge in [0.1, 0.15) is 0 Å². The Morgan fingerprint density at radius 2 is 2.07 bits per heavy atom. The second kappa shape index (κ2) is 8.80. The minimum Gasteiger partial charge on any atom is -0.416 e. The third kappa shape index (κ3) is 5.42. The molecular formula is C22H34ClN3O2Si. The molecule has 160 valence electrons. The highest BCUT2D eigenvalue weighted by molar-refractivity contribution is 6.74. The summed E-state index contributed by atoms with van der Waals surface area (Å²) >= 11 is 6.06. The number of likely N-dealkylation sites (tertiary alicyclic amines) is 1. The summed E-state index contributed by atoms with van der Waals surface area (Å²) in [5.74, 6) is 0.0776. The molecule has 1 amide bonds. The number of hydrogen-bond donors (Lipinski definition) is 1. The number of benzene rings is 1. The molecule has 1 unspecified atom stereocenters. The Labute approximate surface area is 180 Å². The topological polar surface area (TPSA) is 46.5 Å². The van der Waals surface area contributed by atoms with Gasteiger partial charge in [0, 0.05) is 36.3 Å². The zero-order chi connectivity index (χ0) is 21.2. The number of carbonyl (C=O) groups excluding carboxylic acids is 1. The smallest absolute Gasteiger partial charge is 0.243 e.